The molecule has 2 aromatic carbocycles. The molecule has 1 spiro atoms. The minimum atomic E-state index is -0.584. The van der Waals surface area contributed by atoms with Crippen LogP contribution in [-0.2, 0) is 6.54 Å². The number of rotatable bonds is 8. The van der Waals surface area contributed by atoms with E-state index in [2.05, 4.69) is 29.3 Å². The van der Waals surface area contributed by atoms with Gasteiger partial charge in [-0.3, -0.25) is 20.1 Å². The van der Waals surface area contributed by atoms with Crippen molar-refractivity contribution < 1.29 is 13.9 Å². The van der Waals surface area contributed by atoms with E-state index in [0.29, 0.717) is 12.2 Å². The van der Waals surface area contributed by atoms with Gasteiger partial charge in [0.2, 0.25) is 0 Å². The molecule has 1 aliphatic carbocycles. The Morgan fingerprint density at radius 2 is 1.89 bits per heavy atom. The number of carbonyl (C=O) groups is 1. The first-order chi connectivity index (χ1) is 18.5. The minimum Gasteiger partial charge on any atom is -0.489 e. The highest BCUT2D eigenvalue weighted by molar-refractivity contribution is 6.19. The van der Waals surface area contributed by atoms with E-state index in [1.54, 1.807) is 11.0 Å². The fourth-order valence-corrected chi connectivity index (χ4v) is 6.11. The number of hydrogen-bond donors (Lipinski definition) is 2. The van der Waals surface area contributed by atoms with Crippen LogP contribution in [0.2, 0.25) is 0 Å². The van der Waals surface area contributed by atoms with Crippen LogP contribution in [0.25, 0.3) is 0 Å². The number of anilines is 1. The van der Waals surface area contributed by atoms with Crippen LogP contribution in [0.3, 0.4) is 0 Å². The van der Waals surface area contributed by atoms with Crippen LogP contribution < -0.4 is 20.7 Å². The van der Waals surface area contributed by atoms with E-state index in [0.717, 1.165) is 63.3 Å². The number of amidine groups is 1. The second-order valence-electron chi connectivity index (χ2n) is 10.9. The number of nitrogens with zero attached hydrogens (tertiary/aromatic N) is 3. The maximum atomic E-state index is 14.2. The third-order valence-corrected chi connectivity index (χ3v) is 8.26. The van der Waals surface area contributed by atoms with Gasteiger partial charge in [0.25, 0.3) is 0 Å². The molecule has 3 aliphatic rings. The van der Waals surface area contributed by atoms with Gasteiger partial charge in [-0.2, -0.15) is 0 Å². The first-order valence-corrected chi connectivity index (χ1v) is 14.1. The zero-order valence-electron chi connectivity index (χ0n) is 22.4. The molecule has 0 bridgehead atoms. The van der Waals surface area contributed by atoms with Crippen molar-refractivity contribution in [1.29, 1.82) is 0 Å². The summed E-state index contributed by atoms with van der Waals surface area (Å²) in [5, 5.41) is 3.10. The van der Waals surface area contributed by atoms with Crippen LogP contribution in [0.4, 0.5) is 14.9 Å². The molecule has 0 radical (unpaired) electrons. The van der Waals surface area contributed by atoms with Gasteiger partial charge in [0.05, 0.1) is 6.04 Å². The summed E-state index contributed by atoms with van der Waals surface area (Å²) < 4.78 is 20.3. The molecule has 38 heavy (non-hydrogen) atoms. The Morgan fingerprint density at radius 1 is 1.13 bits per heavy atom. The van der Waals surface area contributed by atoms with Gasteiger partial charge in [-0.15, -0.1) is 0 Å². The van der Waals surface area contributed by atoms with Crippen molar-refractivity contribution >= 4 is 17.6 Å². The van der Waals surface area contributed by atoms with Gasteiger partial charge in [-0.25, -0.2) is 9.18 Å². The number of ether oxygens (including phenoxy) is 1. The van der Waals surface area contributed by atoms with Crippen molar-refractivity contribution in [2.24, 2.45) is 10.7 Å². The molecule has 1 atom stereocenters. The molecule has 204 valence electrons. The summed E-state index contributed by atoms with van der Waals surface area (Å²) in [5.74, 6) is 1.27. The van der Waals surface area contributed by atoms with E-state index in [1.165, 1.54) is 37.0 Å². The molecule has 2 saturated heterocycles. The maximum Gasteiger partial charge on any atom is 0.328 e. The standard InChI is InChI=1S/C30H40FN5O2/c1-2-26(20-32)38-27-13-6-8-22(18-27)21-35-16-14-30(15-17-35)28(33-24-10-4-3-5-11-24)34-29(37)36(30)25-12-7-9-23(31)19-25/h6-9,12-13,18-19,24,26H,2-5,10-11,14-17,20-21,32H2,1H3,(H,33,34,37). The van der Waals surface area contributed by atoms with Crippen LogP contribution >= 0.6 is 0 Å². The van der Waals surface area contributed by atoms with Crippen LogP contribution in [0.1, 0.15) is 63.9 Å². The SMILES string of the molecule is CCC(CN)Oc1cccc(CN2CCC3(CC2)C(=NC2CCCCC2)NC(=O)N3c2cccc(F)c2)c1. The van der Waals surface area contributed by atoms with E-state index in [-0.39, 0.29) is 24.0 Å². The Labute approximate surface area is 225 Å². The Kier molecular flexibility index (Phi) is 8.29. The fraction of sp³-hybridized carbons (Fsp3) is 0.533. The molecule has 1 saturated carbocycles. The summed E-state index contributed by atoms with van der Waals surface area (Å²) in [6.07, 6.45) is 8.07. The lowest BCUT2D eigenvalue weighted by Gasteiger charge is -2.44. The summed E-state index contributed by atoms with van der Waals surface area (Å²) in [6, 6.07) is 14.6. The average Bonchev–Trinajstić information content (AvgIpc) is 3.19. The fourth-order valence-electron chi connectivity index (χ4n) is 6.11. The van der Waals surface area contributed by atoms with E-state index < -0.39 is 5.54 Å². The lowest BCUT2D eigenvalue weighted by molar-refractivity contribution is 0.183. The smallest absolute Gasteiger partial charge is 0.328 e. The molecule has 1 unspecified atom stereocenters. The third kappa shape index (κ3) is 5.71. The topological polar surface area (TPSA) is 83.2 Å². The van der Waals surface area contributed by atoms with Gasteiger partial charge < -0.3 is 10.5 Å². The van der Waals surface area contributed by atoms with E-state index in [4.69, 9.17) is 15.5 Å². The summed E-state index contributed by atoms with van der Waals surface area (Å²) in [7, 11) is 0. The van der Waals surface area contributed by atoms with Gasteiger partial charge >= 0.3 is 6.03 Å². The molecule has 2 aromatic rings. The highest BCUT2D eigenvalue weighted by Gasteiger charge is 2.53. The molecule has 5 rings (SSSR count). The van der Waals surface area contributed by atoms with Crippen molar-refractivity contribution in [2.45, 2.75) is 82.5 Å². The number of benzene rings is 2. The van der Waals surface area contributed by atoms with Crippen molar-refractivity contribution in [3.8, 4) is 5.75 Å². The van der Waals surface area contributed by atoms with Gasteiger partial charge in [0.15, 0.2) is 0 Å². The number of carbonyl (C=O) groups excluding carboxylic acids is 1. The molecule has 2 aliphatic heterocycles. The highest BCUT2D eigenvalue weighted by Crippen LogP contribution is 2.39. The normalized spacial score (nSPS) is 22.1. The molecule has 2 amide bonds. The first kappa shape index (κ1) is 26.6. The van der Waals surface area contributed by atoms with E-state index in [9.17, 15) is 9.18 Å². The number of aliphatic imine (C=N–C) groups is 1. The average molecular weight is 522 g/mol. The van der Waals surface area contributed by atoms with Gasteiger partial charge in [-0.05, 0) is 68.0 Å². The molecule has 2 heterocycles. The number of urea groups is 1. The van der Waals surface area contributed by atoms with Gasteiger partial charge in [0.1, 0.15) is 29.0 Å². The lowest BCUT2D eigenvalue weighted by atomic mass is 9.84. The van der Waals surface area contributed by atoms with Crippen molar-refractivity contribution in [3.63, 3.8) is 0 Å². The molecule has 0 aromatic heterocycles. The zero-order chi connectivity index (χ0) is 26.5. The number of nitrogens with two attached hydrogens (primary N) is 1. The Morgan fingerprint density at radius 3 is 2.61 bits per heavy atom. The Balaban J connectivity index is 1.35. The summed E-state index contributed by atoms with van der Waals surface area (Å²) in [4.78, 5) is 22.6. The number of amides is 2. The number of likely N-dealkylation sites (tertiary alicyclic amines) is 1. The van der Waals surface area contributed by atoms with Crippen LogP contribution in [-0.4, -0.2) is 54.1 Å². The third-order valence-electron chi connectivity index (χ3n) is 8.26. The predicted octanol–water partition coefficient (Wildman–Crippen LogP) is 5.24. The van der Waals surface area contributed by atoms with E-state index >= 15 is 0 Å². The minimum absolute atomic E-state index is 0.0168. The largest absolute Gasteiger partial charge is 0.489 e. The second kappa shape index (κ2) is 11.8. The molecule has 8 heteroatoms. The number of piperidine rings is 1. The summed E-state index contributed by atoms with van der Waals surface area (Å²) in [6.45, 7) is 4.97. The Hall–Kier alpha value is -2.97. The molecule has 7 nitrogen and oxygen atoms in total. The van der Waals surface area contributed by atoms with Gasteiger partial charge in [-0.1, -0.05) is 44.4 Å². The first-order valence-electron chi connectivity index (χ1n) is 14.1. The second-order valence-corrected chi connectivity index (χ2v) is 10.9. The number of hydrogen-bond acceptors (Lipinski definition) is 5. The highest BCUT2D eigenvalue weighted by atomic mass is 19.1. The van der Waals surface area contributed by atoms with Crippen molar-refractivity contribution in [1.82, 2.24) is 10.2 Å². The zero-order valence-corrected chi connectivity index (χ0v) is 22.4. The maximum absolute atomic E-state index is 14.2. The van der Waals surface area contributed by atoms with Crippen molar-refractivity contribution in [3.05, 3.63) is 59.9 Å². The molecular weight excluding hydrogens is 481 g/mol. The quantitative estimate of drug-likeness (QED) is 0.498. The van der Waals surface area contributed by atoms with Crippen LogP contribution in [0.5, 0.6) is 5.75 Å². The summed E-state index contributed by atoms with van der Waals surface area (Å²) >= 11 is 0. The number of halogens is 1. The van der Waals surface area contributed by atoms with Crippen LogP contribution in [0.15, 0.2) is 53.5 Å². The molecule has 3 fully saturated rings. The van der Waals surface area contributed by atoms with Gasteiger partial charge in [0, 0.05) is 31.9 Å². The Bertz CT molecular complexity index is 1140. The summed E-state index contributed by atoms with van der Waals surface area (Å²) in [5.41, 5.74) is 7.00. The lowest BCUT2D eigenvalue weighted by Crippen LogP contribution is -2.57. The molecule has 3 N–H and O–H groups in total. The number of nitrogens with one attached hydrogen (secondary N) is 1. The van der Waals surface area contributed by atoms with E-state index in [1.807, 2.05) is 18.2 Å². The predicted molar refractivity (Wildman–Crippen MR) is 149 cm³/mol. The van der Waals surface area contributed by atoms with Crippen molar-refractivity contribution in [2.75, 3.05) is 24.5 Å². The monoisotopic (exact) mass is 521 g/mol. The van der Waals surface area contributed by atoms with Crippen LogP contribution in [0, 0.1) is 5.82 Å². The molecular formula is C30H40FN5O2.